The number of rotatable bonds is 2. The van der Waals surface area contributed by atoms with Gasteiger partial charge in [-0.25, -0.2) is 0 Å². The highest BCUT2D eigenvalue weighted by molar-refractivity contribution is 5.81. The van der Waals surface area contributed by atoms with Crippen molar-refractivity contribution < 1.29 is 0 Å². The second-order valence-corrected chi connectivity index (χ2v) is 4.49. The van der Waals surface area contributed by atoms with Crippen molar-refractivity contribution in [1.29, 1.82) is 0 Å². The Morgan fingerprint density at radius 1 is 1.25 bits per heavy atom. The Balaban J connectivity index is 1.82. The normalized spacial score (nSPS) is 24.1. The van der Waals surface area contributed by atoms with Crippen molar-refractivity contribution in [3.63, 3.8) is 0 Å². The lowest BCUT2D eigenvalue weighted by atomic mass is 9.87. The van der Waals surface area contributed by atoms with Gasteiger partial charge in [0, 0.05) is 17.5 Å². The zero-order chi connectivity index (χ0) is 11.0. The van der Waals surface area contributed by atoms with Crippen LogP contribution in [0.3, 0.4) is 0 Å². The number of nitrogens with one attached hydrogen (secondary N) is 1. The molecule has 3 N–H and O–H groups in total. The highest BCUT2D eigenvalue weighted by Crippen LogP contribution is 2.23. The third-order valence-electron chi connectivity index (χ3n) is 3.14. The van der Waals surface area contributed by atoms with Crippen LogP contribution >= 0.6 is 0 Å². The SMILES string of the molecule is NC1CC(Nc2cnc3ccccc3c2)C1. The Hall–Kier alpha value is -1.61. The fraction of sp³-hybridized carbons (Fsp3) is 0.308. The molecule has 16 heavy (non-hydrogen) atoms. The van der Waals surface area contributed by atoms with Gasteiger partial charge in [-0.05, 0) is 25.0 Å². The van der Waals surface area contributed by atoms with Crippen LogP contribution < -0.4 is 11.1 Å². The molecule has 1 aliphatic carbocycles. The average Bonchev–Trinajstić information content (AvgIpc) is 2.27. The molecule has 0 bridgehead atoms. The summed E-state index contributed by atoms with van der Waals surface area (Å²) in [5.74, 6) is 0. The van der Waals surface area contributed by atoms with Gasteiger partial charge in [0.15, 0.2) is 0 Å². The molecule has 0 spiro atoms. The predicted octanol–water partition coefficient (Wildman–Crippen LogP) is 2.14. The molecule has 1 aliphatic rings. The molecule has 0 amide bonds. The summed E-state index contributed by atoms with van der Waals surface area (Å²) < 4.78 is 0. The Bertz CT molecular complexity index is 503. The van der Waals surface area contributed by atoms with Crippen LogP contribution in [0.2, 0.25) is 0 Å². The zero-order valence-electron chi connectivity index (χ0n) is 9.06. The first kappa shape index (κ1) is 9.60. The molecule has 0 saturated heterocycles. The molecule has 3 heteroatoms. The molecule has 2 aromatic rings. The minimum Gasteiger partial charge on any atom is -0.381 e. The quantitative estimate of drug-likeness (QED) is 0.803. The number of nitrogens with two attached hydrogens (primary N) is 1. The maximum absolute atomic E-state index is 5.76. The number of hydrogen-bond donors (Lipinski definition) is 2. The van der Waals surface area contributed by atoms with E-state index in [1.807, 2.05) is 24.4 Å². The van der Waals surface area contributed by atoms with Crippen molar-refractivity contribution in [3.8, 4) is 0 Å². The van der Waals surface area contributed by atoms with Gasteiger partial charge in [-0.15, -0.1) is 0 Å². The number of fused-ring (bicyclic) bond motifs is 1. The van der Waals surface area contributed by atoms with Crippen molar-refractivity contribution >= 4 is 16.6 Å². The van der Waals surface area contributed by atoms with Crippen LogP contribution in [-0.4, -0.2) is 17.1 Å². The second kappa shape index (κ2) is 3.76. The lowest BCUT2D eigenvalue weighted by Gasteiger charge is -2.33. The number of benzene rings is 1. The number of hydrogen-bond acceptors (Lipinski definition) is 3. The van der Waals surface area contributed by atoms with E-state index in [1.165, 1.54) is 5.39 Å². The van der Waals surface area contributed by atoms with Crippen LogP contribution in [0.1, 0.15) is 12.8 Å². The lowest BCUT2D eigenvalue weighted by Crippen LogP contribution is -2.44. The molecule has 1 heterocycles. The van der Waals surface area contributed by atoms with E-state index in [9.17, 15) is 0 Å². The molecule has 0 aliphatic heterocycles. The summed E-state index contributed by atoms with van der Waals surface area (Å²) in [4.78, 5) is 4.42. The largest absolute Gasteiger partial charge is 0.381 e. The van der Waals surface area contributed by atoms with E-state index in [2.05, 4.69) is 22.4 Å². The van der Waals surface area contributed by atoms with Crippen molar-refractivity contribution in [2.24, 2.45) is 5.73 Å². The van der Waals surface area contributed by atoms with Gasteiger partial charge in [0.1, 0.15) is 0 Å². The van der Waals surface area contributed by atoms with Gasteiger partial charge in [-0.1, -0.05) is 18.2 Å². The number of aromatic nitrogens is 1. The van der Waals surface area contributed by atoms with Crippen LogP contribution in [0.25, 0.3) is 10.9 Å². The highest BCUT2D eigenvalue weighted by atomic mass is 15.0. The third-order valence-corrected chi connectivity index (χ3v) is 3.14. The van der Waals surface area contributed by atoms with E-state index < -0.39 is 0 Å². The van der Waals surface area contributed by atoms with Crippen LogP contribution in [0.15, 0.2) is 36.5 Å². The maximum atomic E-state index is 5.76. The van der Waals surface area contributed by atoms with Crippen LogP contribution in [0, 0.1) is 0 Å². The molecule has 0 atom stereocenters. The van der Waals surface area contributed by atoms with Crippen molar-refractivity contribution in [2.75, 3.05) is 5.32 Å². The molecule has 1 aromatic carbocycles. The Kier molecular flexibility index (Phi) is 2.26. The van der Waals surface area contributed by atoms with Gasteiger partial charge >= 0.3 is 0 Å². The van der Waals surface area contributed by atoms with E-state index in [-0.39, 0.29) is 0 Å². The van der Waals surface area contributed by atoms with E-state index in [0.29, 0.717) is 12.1 Å². The number of nitrogens with zero attached hydrogens (tertiary/aromatic N) is 1. The maximum Gasteiger partial charge on any atom is 0.0703 e. The first-order valence-electron chi connectivity index (χ1n) is 5.68. The zero-order valence-corrected chi connectivity index (χ0v) is 9.06. The summed E-state index contributed by atoms with van der Waals surface area (Å²) in [6.07, 6.45) is 4.02. The standard InChI is InChI=1S/C13H15N3/c14-10-6-11(7-10)16-12-5-9-3-1-2-4-13(9)15-8-12/h1-5,8,10-11,16H,6-7,14H2. The van der Waals surface area contributed by atoms with E-state index in [0.717, 1.165) is 24.0 Å². The minimum absolute atomic E-state index is 0.380. The Labute approximate surface area is 94.7 Å². The number of pyridine rings is 1. The number of para-hydroxylation sites is 1. The third kappa shape index (κ3) is 1.74. The van der Waals surface area contributed by atoms with Gasteiger partial charge in [-0.3, -0.25) is 4.98 Å². The molecule has 0 radical (unpaired) electrons. The summed E-state index contributed by atoms with van der Waals surface area (Å²) in [5, 5.41) is 4.64. The summed E-state index contributed by atoms with van der Waals surface area (Å²) >= 11 is 0. The smallest absolute Gasteiger partial charge is 0.0703 e. The molecule has 0 unspecified atom stereocenters. The van der Waals surface area contributed by atoms with E-state index >= 15 is 0 Å². The summed E-state index contributed by atoms with van der Waals surface area (Å²) in [5.41, 5.74) is 7.89. The number of anilines is 1. The monoisotopic (exact) mass is 213 g/mol. The van der Waals surface area contributed by atoms with Crippen LogP contribution in [-0.2, 0) is 0 Å². The summed E-state index contributed by atoms with van der Waals surface area (Å²) in [6.45, 7) is 0. The lowest BCUT2D eigenvalue weighted by molar-refractivity contribution is 0.373. The summed E-state index contributed by atoms with van der Waals surface area (Å²) in [6, 6.07) is 11.2. The Morgan fingerprint density at radius 3 is 2.88 bits per heavy atom. The van der Waals surface area contributed by atoms with Gasteiger partial charge < -0.3 is 11.1 Å². The van der Waals surface area contributed by atoms with E-state index in [4.69, 9.17) is 5.73 Å². The first-order chi connectivity index (χ1) is 7.81. The molecular formula is C13H15N3. The molecule has 3 rings (SSSR count). The van der Waals surface area contributed by atoms with Crippen molar-refractivity contribution in [2.45, 2.75) is 24.9 Å². The van der Waals surface area contributed by atoms with Crippen molar-refractivity contribution in [3.05, 3.63) is 36.5 Å². The fourth-order valence-corrected chi connectivity index (χ4v) is 2.17. The van der Waals surface area contributed by atoms with Crippen LogP contribution in [0.4, 0.5) is 5.69 Å². The molecule has 3 nitrogen and oxygen atoms in total. The fourth-order valence-electron chi connectivity index (χ4n) is 2.17. The van der Waals surface area contributed by atoms with E-state index in [1.54, 1.807) is 0 Å². The molecular weight excluding hydrogens is 198 g/mol. The van der Waals surface area contributed by atoms with Gasteiger partial charge in [0.25, 0.3) is 0 Å². The first-order valence-corrected chi connectivity index (χ1v) is 5.68. The topological polar surface area (TPSA) is 50.9 Å². The molecule has 1 saturated carbocycles. The molecule has 1 fully saturated rings. The summed E-state index contributed by atoms with van der Waals surface area (Å²) in [7, 11) is 0. The predicted molar refractivity (Wildman–Crippen MR) is 66.4 cm³/mol. The average molecular weight is 213 g/mol. The van der Waals surface area contributed by atoms with Crippen LogP contribution in [0.5, 0.6) is 0 Å². The Morgan fingerprint density at radius 2 is 2.06 bits per heavy atom. The second-order valence-electron chi connectivity index (χ2n) is 4.49. The minimum atomic E-state index is 0.380. The highest BCUT2D eigenvalue weighted by Gasteiger charge is 2.25. The molecule has 82 valence electrons. The van der Waals surface area contributed by atoms with Gasteiger partial charge in [-0.2, -0.15) is 0 Å². The van der Waals surface area contributed by atoms with Gasteiger partial charge in [0.05, 0.1) is 17.4 Å². The van der Waals surface area contributed by atoms with Crippen molar-refractivity contribution in [1.82, 2.24) is 4.98 Å². The van der Waals surface area contributed by atoms with Gasteiger partial charge in [0.2, 0.25) is 0 Å². The molecule has 1 aromatic heterocycles.